The van der Waals surface area contributed by atoms with Crippen molar-refractivity contribution in [1.82, 2.24) is 9.71 Å². The van der Waals surface area contributed by atoms with E-state index in [-0.39, 0.29) is 11.9 Å². The van der Waals surface area contributed by atoms with Crippen LogP contribution in [0.2, 0.25) is 0 Å². The van der Waals surface area contributed by atoms with Gasteiger partial charge in [-0.15, -0.1) is 0 Å². The molecule has 2 aromatic rings. The highest BCUT2D eigenvalue weighted by Crippen LogP contribution is 2.28. The van der Waals surface area contributed by atoms with Crippen LogP contribution < -0.4 is 9.62 Å². The minimum absolute atomic E-state index is 0.104. The van der Waals surface area contributed by atoms with Gasteiger partial charge in [0.2, 0.25) is 10.0 Å². The summed E-state index contributed by atoms with van der Waals surface area (Å²) in [5.41, 5.74) is 1.57. The SMILES string of the molecule is CS(=O)(=O)N[C@H]1CCCN(c2ccnc3cc(F)ccc23)C1. The lowest BCUT2D eigenvalue weighted by Gasteiger charge is -2.35. The number of aromatic nitrogens is 1. The molecule has 1 aromatic heterocycles. The molecule has 7 heteroatoms. The molecule has 0 aliphatic carbocycles. The Kier molecular flexibility index (Phi) is 4.01. The zero-order chi connectivity index (χ0) is 15.7. The minimum atomic E-state index is -3.22. The highest BCUT2D eigenvalue weighted by Gasteiger charge is 2.23. The van der Waals surface area contributed by atoms with Gasteiger partial charge in [-0.05, 0) is 31.0 Å². The Hall–Kier alpha value is -1.73. The average molecular weight is 323 g/mol. The Bertz CT molecular complexity index is 794. The van der Waals surface area contributed by atoms with E-state index in [1.807, 2.05) is 6.07 Å². The molecule has 3 rings (SSSR count). The van der Waals surface area contributed by atoms with Gasteiger partial charge >= 0.3 is 0 Å². The van der Waals surface area contributed by atoms with Crippen LogP contribution in [0, 0.1) is 5.82 Å². The van der Waals surface area contributed by atoms with Crippen LogP contribution in [0.25, 0.3) is 10.9 Å². The lowest BCUT2D eigenvalue weighted by atomic mass is 10.0. The summed E-state index contributed by atoms with van der Waals surface area (Å²) in [7, 11) is -3.22. The fraction of sp³-hybridized carbons (Fsp3) is 0.400. The van der Waals surface area contributed by atoms with Crippen LogP contribution in [0.15, 0.2) is 30.5 Å². The van der Waals surface area contributed by atoms with Crippen LogP contribution in [0.5, 0.6) is 0 Å². The van der Waals surface area contributed by atoms with Crippen LogP contribution in [0.4, 0.5) is 10.1 Å². The molecule has 118 valence electrons. The molecule has 1 aromatic carbocycles. The van der Waals surface area contributed by atoms with Crippen molar-refractivity contribution < 1.29 is 12.8 Å². The van der Waals surface area contributed by atoms with Crippen molar-refractivity contribution in [3.05, 3.63) is 36.3 Å². The highest BCUT2D eigenvalue weighted by atomic mass is 32.2. The number of pyridine rings is 1. The van der Waals surface area contributed by atoms with Gasteiger partial charge in [-0.2, -0.15) is 0 Å². The van der Waals surface area contributed by atoms with Crippen LogP contribution >= 0.6 is 0 Å². The van der Waals surface area contributed by atoms with Gasteiger partial charge in [-0.1, -0.05) is 0 Å². The molecule has 0 radical (unpaired) electrons. The number of anilines is 1. The molecular formula is C15H18FN3O2S. The van der Waals surface area contributed by atoms with Crippen molar-refractivity contribution in [3.63, 3.8) is 0 Å². The fourth-order valence-corrected chi connectivity index (χ4v) is 3.77. The predicted octanol–water partition coefficient (Wildman–Crippen LogP) is 1.89. The van der Waals surface area contributed by atoms with Gasteiger partial charge in [0.1, 0.15) is 5.82 Å². The molecule has 1 fully saturated rings. The second kappa shape index (κ2) is 5.81. The van der Waals surface area contributed by atoms with Gasteiger partial charge < -0.3 is 4.90 Å². The number of hydrogen-bond donors (Lipinski definition) is 1. The van der Waals surface area contributed by atoms with E-state index in [0.717, 1.165) is 30.5 Å². The summed E-state index contributed by atoms with van der Waals surface area (Å²) in [5, 5.41) is 0.879. The maximum atomic E-state index is 13.3. The summed E-state index contributed by atoms with van der Waals surface area (Å²) in [6.07, 6.45) is 4.56. The Labute approximate surface area is 129 Å². The average Bonchev–Trinajstić information content (AvgIpc) is 2.44. The first-order valence-electron chi connectivity index (χ1n) is 7.19. The molecule has 1 N–H and O–H groups in total. The van der Waals surface area contributed by atoms with Crippen molar-refractivity contribution in [2.75, 3.05) is 24.2 Å². The summed E-state index contributed by atoms with van der Waals surface area (Å²) < 4.78 is 38.8. The van der Waals surface area contributed by atoms with Gasteiger partial charge in [0.05, 0.1) is 11.8 Å². The number of rotatable bonds is 3. The lowest BCUT2D eigenvalue weighted by Crippen LogP contribution is -2.47. The number of piperidine rings is 1. The smallest absolute Gasteiger partial charge is 0.209 e. The molecule has 5 nitrogen and oxygen atoms in total. The first-order valence-corrected chi connectivity index (χ1v) is 9.08. The largest absolute Gasteiger partial charge is 0.369 e. The Balaban J connectivity index is 1.90. The molecule has 1 aliphatic rings. The molecule has 1 saturated heterocycles. The zero-order valence-electron chi connectivity index (χ0n) is 12.3. The summed E-state index contributed by atoms with van der Waals surface area (Å²) in [4.78, 5) is 6.33. The number of fused-ring (bicyclic) bond motifs is 1. The van der Waals surface area contributed by atoms with E-state index in [0.29, 0.717) is 12.1 Å². The van der Waals surface area contributed by atoms with E-state index in [2.05, 4.69) is 14.6 Å². The van der Waals surface area contributed by atoms with Crippen molar-refractivity contribution >= 4 is 26.6 Å². The Morgan fingerprint density at radius 1 is 1.36 bits per heavy atom. The Morgan fingerprint density at radius 3 is 2.95 bits per heavy atom. The van der Waals surface area contributed by atoms with E-state index in [4.69, 9.17) is 0 Å². The summed E-state index contributed by atoms with van der Waals surface area (Å²) >= 11 is 0. The van der Waals surface area contributed by atoms with E-state index in [9.17, 15) is 12.8 Å². The highest BCUT2D eigenvalue weighted by molar-refractivity contribution is 7.88. The minimum Gasteiger partial charge on any atom is -0.369 e. The van der Waals surface area contributed by atoms with Crippen LogP contribution in [-0.2, 0) is 10.0 Å². The van der Waals surface area contributed by atoms with Gasteiger partial charge in [0, 0.05) is 42.5 Å². The van der Waals surface area contributed by atoms with Gasteiger partial charge in [0.25, 0.3) is 0 Å². The number of hydrogen-bond acceptors (Lipinski definition) is 4. The van der Waals surface area contributed by atoms with Crippen molar-refractivity contribution in [3.8, 4) is 0 Å². The van der Waals surface area contributed by atoms with Crippen molar-refractivity contribution in [2.45, 2.75) is 18.9 Å². The van der Waals surface area contributed by atoms with E-state index >= 15 is 0 Å². The first-order chi connectivity index (χ1) is 10.4. The first kappa shape index (κ1) is 15.2. The third kappa shape index (κ3) is 3.36. The predicted molar refractivity (Wildman–Crippen MR) is 84.9 cm³/mol. The lowest BCUT2D eigenvalue weighted by molar-refractivity contribution is 0.468. The second-order valence-electron chi connectivity index (χ2n) is 5.67. The molecular weight excluding hydrogens is 305 g/mol. The van der Waals surface area contributed by atoms with Gasteiger partial charge in [-0.25, -0.2) is 17.5 Å². The van der Waals surface area contributed by atoms with Gasteiger partial charge in [0.15, 0.2) is 0 Å². The number of nitrogens with zero attached hydrogens (tertiary/aromatic N) is 2. The molecule has 22 heavy (non-hydrogen) atoms. The van der Waals surface area contributed by atoms with E-state index in [1.165, 1.54) is 18.4 Å². The van der Waals surface area contributed by atoms with Crippen LogP contribution in [0.1, 0.15) is 12.8 Å². The number of nitrogens with one attached hydrogen (secondary N) is 1. The normalized spacial score (nSPS) is 19.5. The molecule has 1 aliphatic heterocycles. The van der Waals surface area contributed by atoms with Gasteiger partial charge in [-0.3, -0.25) is 4.98 Å². The molecule has 0 bridgehead atoms. The fourth-order valence-electron chi connectivity index (χ4n) is 2.98. The third-order valence-corrected chi connectivity index (χ3v) is 4.59. The summed E-state index contributed by atoms with van der Waals surface area (Å²) in [5.74, 6) is -0.313. The standard InChI is InChI=1S/C15H18FN3O2S/c1-22(20,21)18-12-3-2-8-19(10-12)15-6-7-17-14-9-11(16)4-5-13(14)15/h4-7,9,12,18H,2-3,8,10H2,1H3/t12-/m0/s1. The zero-order valence-corrected chi connectivity index (χ0v) is 13.1. The monoisotopic (exact) mass is 323 g/mol. The summed E-state index contributed by atoms with van der Waals surface area (Å²) in [6, 6.07) is 6.34. The maximum absolute atomic E-state index is 13.3. The van der Waals surface area contributed by atoms with Crippen LogP contribution in [0.3, 0.4) is 0 Å². The number of benzene rings is 1. The number of sulfonamides is 1. The molecule has 0 spiro atoms. The molecule has 0 unspecified atom stereocenters. The molecule has 2 heterocycles. The van der Waals surface area contributed by atoms with E-state index in [1.54, 1.807) is 12.3 Å². The molecule has 1 atom stereocenters. The van der Waals surface area contributed by atoms with E-state index < -0.39 is 10.0 Å². The Morgan fingerprint density at radius 2 is 2.18 bits per heavy atom. The topological polar surface area (TPSA) is 62.3 Å². The van der Waals surface area contributed by atoms with Crippen molar-refractivity contribution in [1.29, 1.82) is 0 Å². The summed E-state index contributed by atoms with van der Waals surface area (Å²) in [6.45, 7) is 1.45. The quantitative estimate of drug-likeness (QED) is 0.937. The maximum Gasteiger partial charge on any atom is 0.209 e. The molecule has 0 amide bonds. The number of halogens is 1. The third-order valence-electron chi connectivity index (χ3n) is 3.82. The second-order valence-corrected chi connectivity index (χ2v) is 7.45. The van der Waals surface area contributed by atoms with Crippen molar-refractivity contribution in [2.24, 2.45) is 0 Å². The van der Waals surface area contributed by atoms with Crippen LogP contribution in [-0.4, -0.2) is 38.8 Å². The molecule has 0 saturated carbocycles.